The lowest BCUT2D eigenvalue weighted by molar-refractivity contribution is -0.825. The second-order valence-corrected chi connectivity index (χ2v) is 2.55. The molecule has 0 aliphatic rings. The van der Waals surface area contributed by atoms with Gasteiger partial charge in [-0.15, -0.1) is 0 Å². The van der Waals surface area contributed by atoms with Crippen molar-refractivity contribution >= 4 is 27.4 Å². The lowest BCUT2D eigenvalue weighted by Crippen LogP contribution is -2.74. The van der Waals surface area contributed by atoms with E-state index in [1.807, 2.05) is 0 Å². The van der Waals surface area contributed by atoms with E-state index in [4.69, 9.17) is 10.9 Å². The Morgan fingerprint density at radius 1 is 1.60 bits per heavy atom. The molecule has 5 heteroatoms. The second kappa shape index (κ2) is 2.96. The lowest BCUT2D eigenvalue weighted by atomic mass is 10.4. The number of halogens is 1. The summed E-state index contributed by atoms with van der Waals surface area (Å²) in [6.07, 6.45) is 0. The number of pyridine rings is 1. The zero-order valence-corrected chi connectivity index (χ0v) is 6.67. The number of nitrogens with two attached hydrogens (primary N) is 2. The average Bonchev–Trinajstić information content (AvgIpc) is 1.88. The van der Waals surface area contributed by atoms with Gasteiger partial charge in [0.1, 0.15) is 4.60 Å². The first kappa shape index (κ1) is 7.46. The number of aromatic nitrogens is 1. The highest BCUT2D eigenvalue weighted by atomic mass is 79.9. The molecule has 0 fully saturated rings. The van der Waals surface area contributed by atoms with Crippen LogP contribution in [0.1, 0.15) is 0 Å². The number of nitrogens with zero attached hydrogens (tertiary/aromatic N) is 1. The highest BCUT2D eigenvalue weighted by Crippen LogP contribution is 2.13. The van der Waals surface area contributed by atoms with Gasteiger partial charge in [0.25, 0.3) is 0 Å². The number of nitrogen functional groups attached to an aromatic ring is 1. The zero-order valence-electron chi connectivity index (χ0n) is 5.08. The van der Waals surface area contributed by atoms with Crippen LogP contribution >= 0.6 is 15.9 Å². The maximum Gasteiger partial charge on any atom is 0.204 e. The quantitative estimate of drug-likeness (QED) is 0.446. The fourth-order valence-electron chi connectivity index (χ4n) is 0.570. The van der Waals surface area contributed by atoms with E-state index in [1.54, 1.807) is 12.1 Å². The van der Waals surface area contributed by atoms with Crippen LogP contribution < -0.4 is 11.2 Å². The average molecular weight is 205 g/mol. The van der Waals surface area contributed by atoms with E-state index in [2.05, 4.69) is 20.9 Å². The lowest BCUT2D eigenvalue weighted by Gasteiger charge is -1.95. The summed E-state index contributed by atoms with van der Waals surface area (Å²) >= 11 is 3.14. The molecule has 0 unspecified atom stereocenters. The molecule has 1 aromatic rings. The standard InChI is InChI=1S/C5H6BrN3O/c6-4-2-1-3(9-10)5(7)8-4/h1-2,9-10H,(H2,7,8)/p+1. The van der Waals surface area contributed by atoms with Gasteiger partial charge in [0.2, 0.25) is 5.69 Å². The molecular weight excluding hydrogens is 198 g/mol. The maximum absolute atomic E-state index is 8.55. The largest absolute Gasteiger partial charge is 0.379 e. The van der Waals surface area contributed by atoms with Gasteiger partial charge in [0.05, 0.1) is 0 Å². The van der Waals surface area contributed by atoms with Crippen LogP contribution in [0.4, 0.5) is 11.5 Å². The molecule has 4 nitrogen and oxygen atoms in total. The van der Waals surface area contributed by atoms with E-state index in [0.717, 1.165) is 5.48 Å². The minimum atomic E-state index is 0.317. The molecule has 0 saturated heterocycles. The molecule has 0 spiro atoms. The molecule has 54 valence electrons. The van der Waals surface area contributed by atoms with Crippen LogP contribution in [0.5, 0.6) is 0 Å². The van der Waals surface area contributed by atoms with Gasteiger partial charge in [-0.2, -0.15) is 5.48 Å². The molecule has 1 heterocycles. The maximum atomic E-state index is 8.55. The van der Waals surface area contributed by atoms with Gasteiger partial charge in [-0.3, -0.25) is 0 Å². The Morgan fingerprint density at radius 3 is 2.80 bits per heavy atom. The van der Waals surface area contributed by atoms with E-state index >= 15 is 0 Å². The van der Waals surface area contributed by atoms with Crippen molar-refractivity contribution in [2.75, 3.05) is 5.73 Å². The van der Waals surface area contributed by atoms with Crippen molar-refractivity contribution in [1.82, 2.24) is 4.98 Å². The molecule has 0 aromatic carbocycles. The highest BCUT2D eigenvalue weighted by Gasteiger charge is 2.02. The van der Waals surface area contributed by atoms with E-state index in [9.17, 15) is 0 Å². The molecule has 0 aliphatic heterocycles. The summed E-state index contributed by atoms with van der Waals surface area (Å²) in [6.45, 7) is 0. The van der Waals surface area contributed by atoms with Crippen LogP contribution in [0.3, 0.4) is 0 Å². The predicted octanol–water partition coefficient (Wildman–Crippen LogP) is 0.0104. The van der Waals surface area contributed by atoms with Crippen molar-refractivity contribution in [2.45, 2.75) is 0 Å². The predicted molar refractivity (Wildman–Crippen MR) is 39.7 cm³/mol. The summed E-state index contributed by atoms with van der Waals surface area (Å²) in [5.41, 5.74) is 6.86. The van der Waals surface area contributed by atoms with Gasteiger partial charge < -0.3 is 5.73 Å². The Hall–Kier alpha value is -0.650. The molecule has 1 rings (SSSR count). The molecule has 0 saturated carbocycles. The van der Waals surface area contributed by atoms with E-state index < -0.39 is 0 Å². The zero-order chi connectivity index (χ0) is 7.56. The van der Waals surface area contributed by atoms with Crippen molar-refractivity contribution in [3.63, 3.8) is 0 Å². The van der Waals surface area contributed by atoms with Gasteiger partial charge in [-0.25, -0.2) is 10.2 Å². The Morgan fingerprint density at radius 2 is 2.30 bits per heavy atom. The van der Waals surface area contributed by atoms with E-state index in [1.165, 1.54) is 0 Å². The summed E-state index contributed by atoms with van der Waals surface area (Å²) in [5.74, 6) is 0.317. The number of anilines is 1. The van der Waals surface area contributed by atoms with Crippen molar-refractivity contribution < 1.29 is 10.7 Å². The summed E-state index contributed by atoms with van der Waals surface area (Å²) in [4.78, 5) is 3.85. The first-order chi connectivity index (χ1) is 4.74. The Kier molecular flexibility index (Phi) is 2.21. The minimum absolute atomic E-state index is 0.317. The second-order valence-electron chi connectivity index (χ2n) is 1.74. The molecule has 0 bridgehead atoms. The fraction of sp³-hybridized carbons (Fsp3) is 0. The SMILES string of the molecule is Nc1nc(Br)ccc1[NH2+]O. The molecule has 1 aromatic heterocycles. The number of hydrogen-bond acceptors (Lipinski definition) is 3. The van der Waals surface area contributed by atoms with E-state index in [0.29, 0.717) is 16.1 Å². The Balaban J connectivity index is 3.07. The van der Waals surface area contributed by atoms with Crippen LogP contribution in [0.2, 0.25) is 0 Å². The van der Waals surface area contributed by atoms with Gasteiger partial charge >= 0.3 is 0 Å². The smallest absolute Gasteiger partial charge is 0.204 e. The monoisotopic (exact) mass is 204 g/mol. The molecule has 0 aliphatic carbocycles. The summed E-state index contributed by atoms with van der Waals surface area (Å²) in [5, 5.41) is 8.55. The molecule has 10 heavy (non-hydrogen) atoms. The van der Waals surface area contributed by atoms with Crippen LogP contribution in [-0.2, 0) is 0 Å². The number of quaternary nitrogens is 1. The number of hydrogen-bond donors (Lipinski definition) is 3. The minimum Gasteiger partial charge on any atom is -0.379 e. The third-order valence-corrected chi connectivity index (χ3v) is 1.50. The summed E-state index contributed by atoms with van der Waals surface area (Å²) < 4.78 is 0.663. The molecule has 5 N–H and O–H groups in total. The first-order valence-electron chi connectivity index (χ1n) is 2.63. The van der Waals surface area contributed by atoms with Crippen LogP contribution in [0, 0.1) is 0 Å². The normalized spacial score (nSPS) is 9.80. The third kappa shape index (κ3) is 1.44. The topological polar surface area (TPSA) is 75.8 Å². The Bertz CT molecular complexity index is 240. The molecule has 0 radical (unpaired) electrons. The molecule has 0 amide bonds. The van der Waals surface area contributed by atoms with Gasteiger partial charge in [-0.1, -0.05) is 0 Å². The number of rotatable bonds is 1. The first-order valence-corrected chi connectivity index (χ1v) is 3.43. The van der Waals surface area contributed by atoms with Crippen LogP contribution in [-0.4, -0.2) is 10.2 Å². The Labute approximate surface area is 66.2 Å². The summed E-state index contributed by atoms with van der Waals surface area (Å²) in [7, 11) is 0. The highest BCUT2D eigenvalue weighted by molar-refractivity contribution is 9.10. The third-order valence-electron chi connectivity index (χ3n) is 1.06. The van der Waals surface area contributed by atoms with E-state index in [-0.39, 0.29) is 0 Å². The van der Waals surface area contributed by atoms with Crippen molar-refractivity contribution in [2.24, 2.45) is 0 Å². The van der Waals surface area contributed by atoms with Crippen molar-refractivity contribution in [3.05, 3.63) is 16.7 Å². The molecule has 0 atom stereocenters. The summed E-state index contributed by atoms with van der Waals surface area (Å²) in [6, 6.07) is 3.38. The van der Waals surface area contributed by atoms with Crippen LogP contribution in [0.25, 0.3) is 0 Å². The molecular formula is C5H7BrN3O+. The van der Waals surface area contributed by atoms with Crippen molar-refractivity contribution in [3.8, 4) is 0 Å². The van der Waals surface area contributed by atoms with Gasteiger partial charge in [0.15, 0.2) is 5.82 Å². The van der Waals surface area contributed by atoms with Gasteiger partial charge in [0, 0.05) is 6.07 Å². The van der Waals surface area contributed by atoms with Gasteiger partial charge in [-0.05, 0) is 22.0 Å². The van der Waals surface area contributed by atoms with Crippen LogP contribution in [0.15, 0.2) is 16.7 Å². The van der Waals surface area contributed by atoms with Crippen molar-refractivity contribution in [1.29, 1.82) is 0 Å². The fourth-order valence-corrected chi connectivity index (χ4v) is 0.893.